The van der Waals surface area contributed by atoms with Gasteiger partial charge in [-0.15, -0.1) is 0 Å². The van der Waals surface area contributed by atoms with Crippen molar-refractivity contribution in [1.82, 2.24) is 5.32 Å². The molecule has 200 valence electrons. The summed E-state index contributed by atoms with van der Waals surface area (Å²) in [5.41, 5.74) is 0.498. The zero-order valence-corrected chi connectivity index (χ0v) is 20.7. The second-order valence-corrected chi connectivity index (χ2v) is 8.48. The Kier molecular flexibility index (Phi) is 9.86. The van der Waals surface area contributed by atoms with Crippen molar-refractivity contribution in [1.29, 1.82) is 0 Å². The molecule has 0 spiro atoms. The molecule has 1 atom stereocenters. The summed E-state index contributed by atoms with van der Waals surface area (Å²) in [7, 11) is 0. The molecule has 3 aromatic carbocycles. The van der Waals surface area contributed by atoms with E-state index < -0.39 is 35.7 Å². The second-order valence-electron chi connectivity index (χ2n) is 8.48. The number of unbranched alkanes of at least 4 members (excludes halogenated alkanes) is 1. The summed E-state index contributed by atoms with van der Waals surface area (Å²) in [6.45, 7) is 2.31. The molecule has 10 heteroatoms. The van der Waals surface area contributed by atoms with E-state index in [1.165, 1.54) is 36.4 Å². The minimum absolute atomic E-state index is 0.0717. The molecule has 1 unspecified atom stereocenters. The molecule has 0 radical (unpaired) electrons. The number of carbonyl (C=O) groups is 3. The van der Waals surface area contributed by atoms with Crippen molar-refractivity contribution in [3.05, 3.63) is 95.6 Å². The van der Waals surface area contributed by atoms with E-state index in [2.05, 4.69) is 16.0 Å². The van der Waals surface area contributed by atoms with Crippen molar-refractivity contribution in [3.63, 3.8) is 0 Å². The quantitative estimate of drug-likeness (QED) is 0.221. The van der Waals surface area contributed by atoms with E-state index in [4.69, 9.17) is 4.74 Å². The Bertz CT molecular complexity index is 1230. The van der Waals surface area contributed by atoms with Gasteiger partial charge >= 0.3 is 18.2 Å². The first-order chi connectivity index (χ1) is 18.2. The molecule has 3 aromatic rings. The summed E-state index contributed by atoms with van der Waals surface area (Å²) in [6.07, 6.45) is -2.78. The largest absolute Gasteiger partial charge is 0.462 e. The van der Waals surface area contributed by atoms with Crippen LogP contribution in [0.3, 0.4) is 0 Å². The second kappa shape index (κ2) is 13.3. The molecule has 38 heavy (non-hydrogen) atoms. The van der Waals surface area contributed by atoms with Gasteiger partial charge in [-0.3, -0.25) is 4.79 Å². The van der Waals surface area contributed by atoms with Crippen molar-refractivity contribution in [2.24, 2.45) is 0 Å². The van der Waals surface area contributed by atoms with Crippen LogP contribution in [0.5, 0.6) is 0 Å². The molecule has 0 aliphatic heterocycles. The fraction of sp³-hybridized carbons (Fsp3) is 0.250. The average molecular weight is 528 g/mol. The topological polar surface area (TPSA) is 96.5 Å². The lowest BCUT2D eigenvalue weighted by atomic mass is 10.1. The van der Waals surface area contributed by atoms with Crippen molar-refractivity contribution < 1.29 is 32.3 Å². The first-order valence-electron chi connectivity index (χ1n) is 12.0. The Morgan fingerprint density at radius 3 is 2.24 bits per heavy atom. The highest BCUT2D eigenvalue weighted by molar-refractivity contribution is 5.99. The minimum Gasteiger partial charge on any atom is -0.462 e. The van der Waals surface area contributed by atoms with Gasteiger partial charge in [-0.2, -0.15) is 13.2 Å². The number of esters is 1. The third kappa shape index (κ3) is 8.65. The van der Waals surface area contributed by atoms with Crippen LogP contribution in [-0.4, -0.2) is 30.6 Å². The number of urea groups is 1. The van der Waals surface area contributed by atoms with E-state index in [0.29, 0.717) is 17.9 Å². The molecule has 3 N–H and O–H groups in total. The van der Waals surface area contributed by atoms with Crippen molar-refractivity contribution in [2.45, 2.75) is 38.4 Å². The molecule has 0 saturated heterocycles. The van der Waals surface area contributed by atoms with E-state index >= 15 is 0 Å². The number of nitrogens with one attached hydrogen (secondary N) is 3. The molecule has 0 aliphatic rings. The van der Waals surface area contributed by atoms with Crippen molar-refractivity contribution in [2.75, 3.05) is 17.2 Å². The van der Waals surface area contributed by atoms with Crippen LogP contribution in [0, 0.1) is 0 Å². The van der Waals surface area contributed by atoms with E-state index in [1.807, 2.05) is 6.92 Å². The molecule has 3 rings (SSSR count). The number of benzene rings is 3. The van der Waals surface area contributed by atoms with Gasteiger partial charge in [0, 0.05) is 17.8 Å². The number of hydrogen-bond acceptors (Lipinski definition) is 4. The normalized spacial score (nSPS) is 11.8. The lowest BCUT2D eigenvalue weighted by Crippen LogP contribution is -2.46. The van der Waals surface area contributed by atoms with E-state index in [0.717, 1.165) is 30.5 Å². The van der Waals surface area contributed by atoms with Gasteiger partial charge in [0.1, 0.15) is 6.04 Å². The zero-order valence-electron chi connectivity index (χ0n) is 20.7. The smallest absolute Gasteiger partial charge is 0.416 e. The fourth-order valence-corrected chi connectivity index (χ4v) is 3.47. The Hall–Kier alpha value is -4.34. The summed E-state index contributed by atoms with van der Waals surface area (Å²) >= 11 is 0. The number of hydrogen-bond donors (Lipinski definition) is 3. The van der Waals surface area contributed by atoms with E-state index in [-0.39, 0.29) is 12.1 Å². The van der Waals surface area contributed by atoms with Crippen molar-refractivity contribution in [3.8, 4) is 0 Å². The van der Waals surface area contributed by atoms with Gasteiger partial charge < -0.3 is 20.7 Å². The zero-order chi connectivity index (χ0) is 27.5. The molecule has 0 aliphatic carbocycles. The predicted molar refractivity (Wildman–Crippen MR) is 138 cm³/mol. The van der Waals surface area contributed by atoms with Crippen LogP contribution < -0.4 is 16.0 Å². The molecular formula is C28H28F3N3O4. The van der Waals surface area contributed by atoms with Crippen LogP contribution in [0.4, 0.5) is 29.3 Å². The third-order valence-electron chi connectivity index (χ3n) is 5.47. The van der Waals surface area contributed by atoms with Gasteiger partial charge in [-0.25, -0.2) is 9.59 Å². The lowest BCUT2D eigenvalue weighted by Gasteiger charge is -2.19. The highest BCUT2D eigenvalue weighted by Gasteiger charge is 2.30. The van der Waals surface area contributed by atoms with Crippen LogP contribution in [0.1, 0.15) is 41.3 Å². The number of ether oxygens (including phenoxy) is 1. The highest BCUT2D eigenvalue weighted by atomic mass is 19.4. The fourth-order valence-electron chi connectivity index (χ4n) is 3.47. The molecule has 3 amide bonds. The van der Waals surface area contributed by atoms with Gasteiger partial charge in [0.25, 0.3) is 0 Å². The standard InChI is InChI=1S/C28H28F3N3O4/c1-2-3-16-38-26(36)20-12-14-22(15-13-20)32-25(35)24(17-19-8-5-4-6-9-19)34-27(37)33-23-11-7-10-21(18-23)28(29,30)31/h4-15,18,24H,2-3,16-17H2,1H3,(H,32,35)(H2,33,34,37). The third-order valence-corrected chi connectivity index (χ3v) is 5.47. The van der Waals surface area contributed by atoms with Gasteiger partial charge in [0.2, 0.25) is 5.91 Å². The number of rotatable bonds is 10. The minimum atomic E-state index is -4.56. The van der Waals surface area contributed by atoms with Crippen molar-refractivity contribution >= 4 is 29.3 Å². The van der Waals surface area contributed by atoms with Gasteiger partial charge in [0.05, 0.1) is 17.7 Å². The Balaban J connectivity index is 1.69. The number of halogens is 3. The monoisotopic (exact) mass is 527 g/mol. The molecule has 0 aromatic heterocycles. The number of anilines is 2. The molecule has 0 bridgehead atoms. The van der Waals surface area contributed by atoms with E-state index in [1.54, 1.807) is 30.3 Å². The summed E-state index contributed by atoms with van der Waals surface area (Å²) in [6, 6.07) is 17.3. The maximum Gasteiger partial charge on any atom is 0.416 e. The molecule has 0 heterocycles. The molecule has 0 fully saturated rings. The predicted octanol–water partition coefficient (Wildman–Crippen LogP) is 6.03. The van der Waals surface area contributed by atoms with Gasteiger partial charge in [0.15, 0.2) is 0 Å². The molecule has 0 saturated carbocycles. The lowest BCUT2D eigenvalue weighted by molar-refractivity contribution is -0.137. The van der Waals surface area contributed by atoms with Gasteiger partial charge in [-0.1, -0.05) is 49.7 Å². The van der Waals surface area contributed by atoms with Crippen LogP contribution in [-0.2, 0) is 22.1 Å². The number of carbonyl (C=O) groups excluding carboxylic acids is 3. The van der Waals surface area contributed by atoms with Gasteiger partial charge in [-0.05, 0) is 54.4 Å². The summed E-state index contributed by atoms with van der Waals surface area (Å²) in [4.78, 5) is 37.8. The first kappa shape index (κ1) is 28.2. The Morgan fingerprint density at radius 2 is 1.58 bits per heavy atom. The van der Waals surface area contributed by atoms with Crippen LogP contribution >= 0.6 is 0 Å². The number of alkyl halides is 3. The molecular weight excluding hydrogens is 499 g/mol. The summed E-state index contributed by atoms with van der Waals surface area (Å²) in [5, 5.41) is 7.58. The maximum absolute atomic E-state index is 13.1. The molecule has 7 nitrogen and oxygen atoms in total. The summed E-state index contributed by atoms with van der Waals surface area (Å²) in [5.74, 6) is -1.02. The Labute approximate surface area is 218 Å². The van der Waals surface area contributed by atoms with Crippen LogP contribution in [0.15, 0.2) is 78.9 Å². The van der Waals surface area contributed by atoms with Crippen LogP contribution in [0.2, 0.25) is 0 Å². The van der Waals surface area contributed by atoms with E-state index in [9.17, 15) is 27.6 Å². The number of amides is 3. The SMILES string of the molecule is CCCCOC(=O)c1ccc(NC(=O)C(Cc2ccccc2)NC(=O)Nc2cccc(C(F)(F)F)c2)cc1. The Morgan fingerprint density at radius 1 is 0.868 bits per heavy atom. The van der Waals surface area contributed by atoms with Crippen LogP contribution in [0.25, 0.3) is 0 Å². The maximum atomic E-state index is 13.1. The average Bonchev–Trinajstić information content (AvgIpc) is 2.89. The first-order valence-corrected chi connectivity index (χ1v) is 12.0. The highest BCUT2D eigenvalue weighted by Crippen LogP contribution is 2.30. The summed E-state index contributed by atoms with van der Waals surface area (Å²) < 4.78 is 44.2.